The average molecular weight is 279 g/mol. The molecular weight excluding hydrogens is 257 g/mol. The molecule has 1 saturated heterocycles. The number of hydrogen-bond donors (Lipinski definition) is 2. The monoisotopic (exact) mass is 279 g/mol. The van der Waals surface area contributed by atoms with E-state index in [4.69, 9.17) is 5.73 Å². The largest absolute Gasteiger partial charge is 0.366 e. The van der Waals surface area contributed by atoms with Gasteiger partial charge in [-0.1, -0.05) is 6.92 Å². The van der Waals surface area contributed by atoms with E-state index in [1.165, 1.54) is 18.2 Å². The Bertz CT molecular complexity index is 492. The maximum Gasteiger partial charge on any atom is 0.248 e. The van der Waals surface area contributed by atoms with E-state index in [-0.39, 0.29) is 5.82 Å². The van der Waals surface area contributed by atoms with E-state index in [1.807, 2.05) is 0 Å². The van der Waals surface area contributed by atoms with Crippen molar-refractivity contribution in [3.8, 4) is 0 Å². The summed E-state index contributed by atoms with van der Waals surface area (Å²) in [6.45, 7) is 4.71. The van der Waals surface area contributed by atoms with Crippen molar-refractivity contribution in [2.45, 2.75) is 25.9 Å². The zero-order chi connectivity index (χ0) is 14.7. The lowest BCUT2D eigenvalue weighted by molar-refractivity contribution is 0.1000. The predicted octanol–water partition coefficient (Wildman–Crippen LogP) is 1.35. The Morgan fingerprint density at radius 3 is 2.95 bits per heavy atom. The number of amides is 1. The molecule has 2 atom stereocenters. The number of nitrogens with zero attached hydrogens (tertiary/aromatic N) is 1. The van der Waals surface area contributed by atoms with Gasteiger partial charge in [-0.2, -0.15) is 0 Å². The van der Waals surface area contributed by atoms with Crippen molar-refractivity contribution in [1.29, 1.82) is 0 Å². The third kappa shape index (κ3) is 3.55. The van der Waals surface area contributed by atoms with Crippen molar-refractivity contribution in [2.75, 3.05) is 20.1 Å². The molecule has 2 rings (SSSR count). The summed E-state index contributed by atoms with van der Waals surface area (Å²) in [6, 6.07) is 4.63. The second-order valence-corrected chi connectivity index (χ2v) is 5.69. The molecule has 1 aliphatic rings. The summed E-state index contributed by atoms with van der Waals surface area (Å²) in [7, 11) is 2.11. The lowest BCUT2D eigenvalue weighted by Gasteiger charge is -2.35. The molecule has 1 aromatic carbocycles. The molecule has 1 aliphatic heterocycles. The van der Waals surface area contributed by atoms with Crippen LogP contribution in [0.3, 0.4) is 0 Å². The highest BCUT2D eigenvalue weighted by Gasteiger charge is 2.23. The van der Waals surface area contributed by atoms with E-state index in [9.17, 15) is 9.18 Å². The second-order valence-electron chi connectivity index (χ2n) is 5.69. The third-order valence-electron chi connectivity index (χ3n) is 3.99. The number of benzene rings is 1. The molecule has 4 nitrogen and oxygen atoms in total. The quantitative estimate of drug-likeness (QED) is 0.875. The highest BCUT2D eigenvalue weighted by Crippen LogP contribution is 2.17. The topological polar surface area (TPSA) is 58.4 Å². The fraction of sp³-hybridized carbons (Fsp3) is 0.533. The fourth-order valence-electron chi connectivity index (χ4n) is 2.76. The molecule has 110 valence electrons. The minimum absolute atomic E-state index is 0.303. The standard InChI is InChI=1S/C15H22FN3O/c1-10-9-19(2)6-5-14(10)18-8-12-7-11(15(17)20)3-4-13(12)16/h3-4,7,10,14,18H,5-6,8-9H2,1-2H3,(H2,17,20). The van der Waals surface area contributed by atoms with Crippen LogP contribution in [0.25, 0.3) is 0 Å². The van der Waals surface area contributed by atoms with Gasteiger partial charge in [0.2, 0.25) is 5.91 Å². The summed E-state index contributed by atoms with van der Waals surface area (Å²) < 4.78 is 13.7. The number of rotatable bonds is 4. The number of piperidine rings is 1. The number of nitrogens with one attached hydrogen (secondary N) is 1. The first-order valence-electron chi connectivity index (χ1n) is 6.97. The number of likely N-dealkylation sites (tertiary alicyclic amines) is 1. The van der Waals surface area contributed by atoms with E-state index in [0.29, 0.717) is 29.6 Å². The molecule has 1 amide bonds. The highest BCUT2D eigenvalue weighted by molar-refractivity contribution is 5.92. The molecule has 0 aromatic heterocycles. The van der Waals surface area contributed by atoms with Crippen LogP contribution in [-0.2, 0) is 6.54 Å². The SMILES string of the molecule is CC1CN(C)CCC1NCc1cc(C(N)=O)ccc1F. The van der Waals surface area contributed by atoms with Crippen molar-refractivity contribution in [3.05, 3.63) is 35.1 Å². The van der Waals surface area contributed by atoms with Crippen LogP contribution >= 0.6 is 0 Å². The molecule has 0 radical (unpaired) electrons. The van der Waals surface area contributed by atoms with Crippen molar-refractivity contribution in [1.82, 2.24) is 10.2 Å². The third-order valence-corrected chi connectivity index (χ3v) is 3.99. The summed E-state index contributed by atoms with van der Waals surface area (Å²) in [5, 5.41) is 3.40. The number of carbonyl (C=O) groups is 1. The fourth-order valence-corrected chi connectivity index (χ4v) is 2.76. The van der Waals surface area contributed by atoms with Gasteiger partial charge in [0.15, 0.2) is 0 Å². The van der Waals surface area contributed by atoms with Crippen LogP contribution in [0.2, 0.25) is 0 Å². The average Bonchev–Trinajstić information content (AvgIpc) is 2.39. The summed E-state index contributed by atoms with van der Waals surface area (Å²) >= 11 is 0. The van der Waals surface area contributed by atoms with E-state index >= 15 is 0 Å². The predicted molar refractivity (Wildman–Crippen MR) is 76.8 cm³/mol. The summed E-state index contributed by atoms with van der Waals surface area (Å²) in [6.07, 6.45) is 1.05. The number of carbonyl (C=O) groups excluding carboxylic acids is 1. The van der Waals surface area contributed by atoms with Gasteiger partial charge in [0.05, 0.1) is 0 Å². The van der Waals surface area contributed by atoms with E-state index in [0.717, 1.165) is 19.5 Å². The number of hydrogen-bond acceptors (Lipinski definition) is 3. The number of nitrogens with two attached hydrogens (primary N) is 1. The molecule has 1 fully saturated rings. The van der Waals surface area contributed by atoms with Crippen molar-refractivity contribution in [3.63, 3.8) is 0 Å². The lowest BCUT2D eigenvalue weighted by Crippen LogP contribution is -2.46. The zero-order valence-corrected chi connectivity index (χ0v) is 12.0. The smallest absolute Gasteiger partial charge is 0.248 e. The van der Waals surface area contributed by atoms with Crippen LogP contribution in [0.5, 0.6) is 0 Å². The van der Waals surface area contributed by atoms with Gasteiger partial charge in [-0.15, -0.1) is 0 Å². The molecule has 0 spiro atoms. The summed E-state index contributed by atoms with van der Waals surface area (Å²) in [4.78, 5) is 13.4. The van der Waals surface area contributed by atoms with Gasteiger partial charge < -0.3 is 16.0 Å². The Morgan fingerprint density at radius 2 is 2.30 bits per heavy atom. The van der Waals surface area contributed by atoms with Crippen LogP contribution < -0.4 is 11.1 Å². The van der Waals surface area contributed by atoms with Crippen molar-refractivity contribution in [2.24, 2.45) is 11.7 Å². The maximum absolute atomic E-state index is 13.7. The minimum atomic E-state index is -0.529. The van der Waals surface area contributed by atoms with E-state index in [2.05, 4.69) is 24.2 Å². The van der Waals surface area contributed by atoms with E-state index in [1.54, 1.807) is 0 Å². The number of primary amides is 1. The molecule has 1 heterocycles. The minimum Gasteiger partial charge on any atom is -0.366 e. The molecule has 3 N–H and O–H groups in total. The highest BCUT2D eigenvalue weighted by atomic mass is 19.1. The van der Waals surface area contributed by atoms with Gasteiger partial charge in [-0.05, 0) is 44.1 Å². The molecule has 0 aliphatic carbocycles. The van der Waals surface area contributed by atoms with Gasteiger partial charge in [-0.3, -0.25) is 4.79 Å². The first kappa shape index (κ1) is 14.9. The summed E-state index contributed by atoms with van der Waals surface area (Å²) in [5.41, 5.74) is 6.06. The molecule has 1 aromatic rings. The van der Waals surface area contributed by atoms with Crippen LogP contribution in [0, 0.1) is 11.7 Å². The van der Waals surface area contributed by atoms with E-state index < -0.39 is 5.91 Å². The van der Waals surface area contributed by atoms with Crippen LogP contribution in [0.15, 0.2) is 18.2 Å². The van der Waals surface area contributed by atoms with Gasteiger partial charge >= 0.3 is 0 Å². The molecule has 0 saturated carbocycles. The van der Waals surface area contributed by atoms with Gasteiger partial charge in [0.25, 0.3) is 0 Å². The zero-order valence-electron chi connectivity index (χ0n) is 12.0. The Balaban J connectivity index is 2.00. The van der Waals surface area contributed by atoms with Gasteiger partial charge in [0, 0.05) is 30.3 Å². The summed E-state index contributed by atoms with van der Waals surface area (Å²) in [5.74, 6) is -0.307. The maximum atomic E-state index is 13.7. The Hall–Kier alpha value is -1.46. The van der Waals surface area contributed by atoms with Crippen molar-refractivity contribution >= 4 is 5.91 Å². The number of halogens is 1. The van der Waals surface area contributed by atoms with Crippen LogP contribution in [-0.4, -0.2) is 37.0 Å². The van der Waals surface area contributed by atoms with Gasteiger partial charge in [0.1, 0.15) is 5.82 Å². The Kier molecular flexibility index (Phi) is 4.73. The molecule has 0 bridgehead atoms. The molecule has 2 unspecified atom stereocenters. The second kappa shape index (κ2) is 6.33. The van der Waals surface area contributed by atoms with Crippen LogP contribution in [0.1, 0.15) is 29.3 Å². The first-order valence-corrected chi connectivity index (χ1v) is 6.97. The van der Waals surface area contributed by atoms with Crippen LogP contribution in [0.4, 0.5) is 4.39 Å². The van der Waals surface area contributed by atoms with Gasteiger partial charge in [-0.25, -0.2) is 4.39 Å². The Morgan fingerprint density at radius 1 is 1.55 bits per heavy atom. The normalized spacial score (nSPS) is 23.8. The molecular formula is C15H22FN3O. The first-order chi connectivity index (χ1) is 9.47. The Labute approximate surface area is 119 Å². The molecule has 20 heavy (non-hydrogen) atoms. The molecule has 5 heteroatoms. The lowest BCUT2D eigenvalue weighted by atomic mass is 9.94. The van der Waals surface area contributed by atoms with Crippen molar-refractivity contribution < 1.29 is 9.18 Å².